The zero-order valence-corrected chi connectivity index (χ0v) is 10.3. The number of pyridine rings is 1. The first-order valence-electron chi connectivity index (χ1n) is 5.41. The highest BCUT2D eigenvalue weighted by atomic mass is 35.5. The molecule has 0 aliphatic heterocycles. The third-order valence-electron chi connectivity index (χ3n) is 2.45. The highest BCUT2D eigenvalue weighted by Crippen LogP contribution is 2.21. The minimum Gasteiger partial charge on any atom is -0.487 e. The summed E-state index contributed by atoms with van der Waals surface area (Å²) in [4.78, 5) is 4.08. The van der Waals surface area contributed by atoms with E-state index in [1.165, 1.54) is 6.07 Å². The van der Waals surface area contributed by atoms with E-state index < -0.39 is 0 Å². The van der Waals surface area contributed by atoms with Crippen LogP contribution in [0.4, 0.5) is 4.39 Å². The fraction of sp³-hybridized carbons (Fsp3) is 0.154. The van der Waals surface area contributed by atoms with E-state index in [9.17, 15) is 4.39 Å². The second kappa shape index (κ2) is 5.80. The van der Waals surface area contributed by atoms with Gasteiger partial charge in [-0.1, -0.05) is 17.7 Å². The molecule has 94 valence electrons. The van der Waals surface area contributed by atoms with E-state index in [2.05, 4.69) is 4.98 Å². The average Bonchev–Trinajstić information content (AvgIpc) is 2.39. The first kappa shape index (κ1) is 12.8. The van der Waals surface area contributed by atoms with Gasteiger partial charge in [-0.15, -0.1) is 0 Å². The Hall–Kier alpha value is -1.65. The van der Waals surface area contributed by atoms with Crippen molar-refractivity contribution >= 4 is 11.6 Å². The minimum atomic E-state index is -0.381. The summed E-state index contributed by atoms with van der Waals surface area (Å²) >= 11 is 5.89. The van der Waals surface area contributed by atoms with Crippen LogP contribution in [-0.4, -0.2) is 4.98 Å². The van der Waals surface area contributed by atoms with E-state index in [1.54, 1.807) is 30.5 Å². The Balaban J connectivity index is 2.06. The van der Waals surface area contributed by atoms with E-state index in [0.29, 0.717) is 22.9 Å². The molecular weight excluding hydrogens is 255 g/mol. The maximum absolute atomic E-state index is 13.5. The maximum Gasteiger partial charge on any atom is 0.138 e. The first-order chi connectivity index (χ1) is 8.70. The molecule has 2 rings (SSSR count). The predicted molar refractivity (Wildman–Crippen MR) is 67.9 cm³/mol. The average molecular weight is 267 g/mol. The van der Waals surface area contributed by atoms with Gasteiger partial charge in [0.1, 0.15) is 18.2 Å². The fourth-order valence-electron chi connectivity index (χ4n) is 1.44. The zero-order valence-electron chi connectivity index (χ0n) is 9.57. The molecule has 0 unspecified atom stereocenters. The van der Waals surface area contributed by atoms with Gasteiger partial charge in [0.05, 0.1) is 16.9 Å². The lowest BCUT2D eigenvalue weighted by molar-refractivity contribution is 0.298. The van der Waals surface area contributed by atoms with Gasteiger partial charge in [-0.3, -0.25) is 4.98 Å². The van der Waals surface area contributed by atoms with Crippen LogP contribution in [0.25, 0.3) is 0 Å². The zero-order chi connectivity index (χ0) is 13.0. The third-order valence-corrected chi connectivity index (χ3v) is 2.81. The third kappa shape index (κ3) is 2.97. The Morgan fingerprint density at radius 3 is 2.72 bits per heavy atom. The van der Waals surface area contributed by atoms with Crippen molar-refractivity contribution in [1.29, 1.82) is 0 Å². The molecule has 1 aromatic carbocycles. The van der Waals surface area contributed by atoms with Crippen molar-refractivity contribution in [3.63, 3.8) is 0 Å². The van der Waals surface area contributed by atoms with Crippen molar-refractivity contribution in [2.75, 3.05) is 0 Å². The number of hydrogen-bond acceptors (Lipinski definition) is 3. The number of ether oxygens (including phenoxy) is 1. The van der Waals surface area contributed by atoms with Gasteiger partial charge in [-0.25, -0.2) is 4.39 Å². The molecule has 18 heavy (non-hydrogen) atoms. The highest BCUT2D eigenvalue weighted by Gasteiger charge is 2.07. The second-order valence-corrected chi connectivity index (χ2v) is 4.09. The van der Waals surface area contributed by atoms with Gasteiger partial charge in [-0.05, 0) is 24.3 Å². The molecule has 0 radical (unpaired) electrons. The van der Waals surface area contributed by atoms with Gasteiger partial charge in [0, 0.05) is 12.1 Å². The lowest BCUT2D eigenvalue weighted by Crippen LogP contribution is -2.02. The van der Waals surface area contributed by atoms with Crippen LogP contribution in [0.15, 0.2) is 36.5 Å². The van der Waals surface area contributed by atoms with E-state index >= 15 is 0 Å². The number of hydrogen-bond donors (Lipinski definition) is 1. The largest absolute Gasteiger partial charge is 0.487 e. The van der Waals surface area contributed by atoms with Crippen molar-refractivity contribution in [2.45, 2.75) is 13.2 Å². The molecule has 0 aliphatic rings. The van der Waals surface area contributed by atoms with Crippen LogP contribution >= 0.6 is 11.6 Å². The van der Waals surface area contributed by atoms with Gasteiger partial charge in [0.2, 0.25) is 0 Å². The van der Waals surface area contributed by atoms with Crippen LogP contribution in [-0.2, 0) is 13.2 Å². The van der Waals surface area contributed by atoms with Gasteiger partial charge in [0.25, 0.3) is 0 Å². The summed E-state index contributed by atoms with van der Waals surface area (Å²) in [6.45, 7) is 0.439. The van der Waals surface area contributed by atoms with Crippen LogP contribution in [0.5, 0.6) is 5.75 Å². The molecule has 3 nitrogen and oxygen atoms in total. The topological polar surface area (TPSA) is 48.1 Å². The Kier molecular flexibility index (Phi) is 4.12. The standard InChI is InChI=1S/C13H12ClFN2O/c14-12-2-1-3-13(15)11(12)8-18-10-5-4-9(6-16)17-7-10/h1-5,7H,6,8,16H2. The van der Waals surface area contributed by atoms with Crippen molar-refractivity contribution in [3.05, 3.63) is 58.6 Å². The second-order valence-electron chi connectivity index (χ2n) is 3.68. The monoisotopic (exact) mass is 266 g/mol. The van der Waals surface area contributed by atoms with Crippen molar-refractivity contribution < 1.29 is 9.13 Å². The maximum atomic E-state index is 13.5. The van der Waals surface area contributed by atoms with Crippen molar-refractivity contribution in [2.24, 2.45) is 5.73 Å². The van der Waals surface area contributed by atoms with Crippen molar-refractivity contribution in [1.82, 2.24) is 4.98 Å². The Morgan fingerprint density at radius 1 is 1.28 bits per heavy atom. The number of aromatic nitrogens is 1. The molecule has 1 aromatic heterocycles. The molecule has 0 saturated heterocycles. The SMILES string of the molecule is NCc1ccc(OCc2c(F)cccc2Cl)cn1. The van der Waals surface area contributed by atoms with E-state index in [-0.39, 0.29) is 12.4 Å². The summed E-state index contributed by atoms with van der Waals surface area (Å²) in [6.07, 6.45) is 1.55. The van der Waals surface area contributed by atoms with Crippen LogP contribution in [0.3, 0.4) is 0 Å². The molecule has 2 aromatic rings. The highest BCUT2D eigenvalue weighted by molar-refractivity contribution is 6.31. The van der Waals surface area contributed by atoms with Gasteiger partial charge >= 0.3 is 0 Å². The number of benzene rings is 1. The molecule has 5 heteroatoms. The summed E-state index contributed by atoms with van der Waals surface area (Å²) in [5.74, 6) is 0.167. The molecule has 0 saturated carbocycles. The Labute approximate surface area is 109 Å². The molecule has 1 heterocycles. The lowest BCUT2D eigenvalue weighted by Gasteiger charge is -2.08. The summed E-state index contributed by atoms with van der Waals surface area (Å²) in [7, 11) is 0. The summed E-state index contributed by atoms with van der Waals surface area (Å²) in [5.41, 5.74) is 6.54. The molecule has 0 atom stereocenters. The molecule has 0 fully saturated rings. The van der Waals surface area contributed by atoms with E-state index in [4.69, 9.17) is 22.1 Å². The first-order valence-corrected chi connectivity index (χ1v) is 5.79. The Bertz CT molecular complexity index is 511. The molecule has 0 aliphatic carbocycles. The summed E-state index contributed by atoms with van der Waals surface area (Å²) in [5, 5.41) is 0.349. The van der Waals surface area contributed by atoms with Gasteiger partial charge in [0.15, 0.2) is 0 Å². The van der Waals surface area contributed by atoms with E-state index in [0.717, 1.165) is 5.69 Å². The van der Waals surface area contributed by atoms with Crippen molar-refractivity contribution in [3.8, 4) is 5.75 Å². The fourth-order valence-corrected chi connectivity index (χ4v) is 1.66. The number of nitrogens with zero attached hydrogens (tertiary/aromatic N) is 1. The minimum absolute atomic E-state index is 0.0646. The van der Waals surface area contributed by atoms with Crippen LogP contribution in [0, 0.1) is 5.82 Å². The quantitative estimate of drug-likeness (QED) is 0.926. The predicted octanol–water partition coefficient (Wildman–Crippen LogP) is 2.91. The van der Waals surface area contributed by atoms with Gasteiger partial charge < -0.3 is 10.5 Å². The van der Waals surface area contributed by atoms with Gasteiger partial charge in [-0.2, -0.15) is 0 Å². The van der Waals surface area contributed by atoms with E-state index in [1.807, 2.05) is 0 Å². The normalized spacial score (nSPS) is 10.4. The molecule has 0 bridgehead atoms. The molecule has 0 spiro atoms. The molecule has 0 amide bonds. The molecular formula is C13H12ClFN2O. The number of rotatable bonds is 4. The van der Waals surface area contributed by atoms with Crippen LogP contribution in [0.1, 0.15) is 11.3 Å². The lowest BCUT2D eigenvalue weighted by atomic mass is 10.2. The number of nitrogens with two attached hydrogens (primary N) is 1. The van der Waals surface area contributed by atoms with Crippen LogP contribution < -0.4 is 10.5 Å². The smallest absolute Gasteiger partial charge is 0.138 e. The summed E-state index contributed by atoms with van der Waals surface area (Å²) in [6, 6.07) is 8.03. The van der Waals surface area contributed by atoms with Crippen LogP contribution in [0.2, 0.25) is 5.02 Å². The summed E-state index contributed by atoms with van der Waals surface area (Å²) < 4.78 is 18.9. The number of halogens is 2. The molecule has 2 N–H and O–H groups in total. The Morgan fingerprint density at radius 2 is 2.11 bits per heavy atom.